The van der Waals surface area contributed by atoms with Gasteiger partial charge in [0.1, 0.15) is 5.82 Å². The van der Waals surface area contributed by atoms with Gasteiger partial charge in [-0.25, -0.2) is 4.39 Å². The number of benzene rings is 1. The Morgan fingerprint density at radius 3 is 2.60 bits per heavy atom. The fourth-order valence-corrected chi connectivity index (χ4v) is 1.13. The minimum Gasteiger partial charge on any atom is -0.352 e. The molecule has 4 heteroatoms. The maximum Gasteiger partial charge on any atom is 0.251 e. The summed E-state index contributed by atoms with van der Waals surface area (Å²) in [6.45, 7) is 2.47. The van der Waals surface area contributed by atoms with Crippen LogP contribution < -0.4 is 5.32 Å². The highest BCUT2D eigenvalue weighted by Gasteiger charge is 2.06. The van der Waals surface area contributed by atoms with Gasteiger partial charge < -0.3 is 5.32 Å². The molecule has 0 aliphatic heterocycles. The van der Waals surface area contributed by atoms with Gasteiger partial charge in [0, 0.05) is 18.0 Å². The molecule has 2 nitrogen and oxygen atoms in total. The van der Waals surface area contributed by atoms with E-state index < -0.39 is 0 Å². The summed E-state index contributed by atoms with van der Waals surface area (Å²) < 4.78 is 12.6. The maximum absolute atomic E-state index is 12.6. The van der Waals surface area contributed by atoms with Gasteiger partial charge in [-0.15, -0.1) is 11.6 Å². The number of hydrogen-bond donors (Lipinski definition) is 1. The van der Waals surface area contributed by atoms with Crippen LogP contribution in [0, 0.1) is 11.7 Å². The zero-order valence-electron chi connectivity index (χ0n) is 8.47. The summed E-state index contributed by atoms with van der Waals surface area (Å²) in [5, 5.41) is 2.72. The van der Waals surface area contributed by atoms with Crippen molar-refractivity contribution < 1.29 is 9.18 Å². The molecule has 15 heavy (non-hydrogen) atoms. The first-order chi connectivity index (χ1) is 7.13. The minimum atomic E-state index is -0.347. The normalized spacial score (nSPS) is 12.2. The number of hydrogen-bond acceptors (Lipinski definition) is 1. The lowest BCUT2D eigenvalue weighted by atomic mass is 10.2. The molecule has 0 radical (unpaired) electrons. The van der Waals surface area contributed by atoms with E-state index in [1.807, 2.05) is 6.92 Å². The molecule has 1 amide bonds. The number of carbonyl (C=O) groups excluding carboxylic acids is 1. The lowest BCUT2D eigenvalue weighted by Crippen LogP contribution is -2.28. The zero-order chi connectivity index (χ0) is 11.3. The maximum atomic E-state index is 12.6. The molecule has 0 aromatic heterocycles. The summed E-state index contributed by atoms with van der Waals surface area (Å²) in [6, 6.07) is 5.44. The third-order valence-electron chi connectivity index (χ3n) is 1.98. The first-order valence-corrected chi connectivity index (χ1v) is 5.26. The highest BCUT2D eigenvalue weighted by Crippen LogP contribution is 2.03. The average Bonchev–Trinajstić information content (AvgIpc) is 2.26. The molecular weight excluding hydrogens is 217 g/mol. The summed E-state index contributed by atoms with van der Waals surface area (Å²) in [5.74, 6) is 0.188. The summed E-state index contributed by atoms with van der Waals surface area (Å²) in [4.78, 5) is 11.5. The van der Waals surface area contributed by atoms with Crippen LogP contribution in [0.5, 0.6) is 0 Å². The fraction of sp³-hybridized carbons (Fsp3) is 0.364. The highest BCUT2D eigenvalue weighted by atomic mass is 35.5. The monoisotopic (exact) mass is 229 g/mol. The first kappa shape index (κ1) is 12.0. The molecule has 0 spiro atoms. The Bertz CT molecular complexity index is 326. The van der Waals surface area contributed by atoms with Crippen molar-refractivity contribution in [3.05, 3.63) is 35.6 Å². The van der Waals surface area contributed by atoms with Crippen molar-refractivity contribution in [2.75, 3.05) is 12.4 Å². The van der Waals surface area contributed by atoms with Crippen molar-refractivity contribution in [1.29, 1.82) is 0 Å². The Kier molecular flexibility index (Phi) is 4.56. The molecule has 0 heterocycles. The van der Waals surface area contributed by atoms with Crippen molar-refractivity contribution in [3.8, 4) is 0 Å². The number of halogens is 2. The molecule has 0 saturated carbocycles. The van der Waals surface area contributed by atoms with Crippen molar-refractivity contribution in [3.63, 3.8) is 0 Å². The van der Waals surface area contributed by atoms with Crippen LogP contribution in [-0.2, 0) is 0 Å². The average molecular weight is 230 g/mol. The van der Waals surface area contributed by atoms with Gasteiger partial charge in [-0.05, 0) is 30.2 Å². The fourth-order valence-electron chi connectivity index (χ4n) is 1.02. The third kappa shape index (κ3) is 3.88. The van der Waals surface area contributed by atoms with Crippen molar-refractivity contribution in [1.82, 2.24) is 5.32 Å². The Morgan fingerprint density at radius 1 is 1.47 bits per heavy atom. The van der Waals surface area contributed by atoms with E-state index >= 15 is 0 Å². The quantitative estimate of drug-likeness (QED) is 0.790. The number of amides is 1. The molecule has 0 aliphatic carbocycles. The molecule has 1 unspecified atom stereocenters. The summed E-state index contributed by atoms with van der Waals surface area (Å²) in [6.07, 6.45) is 0. The van der Waals surface area contributed by atoms with E-state index in [-0.39, 0.29) is 17.6 Å². The van der Waals surface area contributed by atoms with Crippen LogP contribution in [0.4, 0.5) is 4.39 Å². The van der Waals surface area contributed by atoms with Crippen molar-refractivity contribution in [2.45, 2.75) is 6.92 Å². The Balaban J connectivity index is 2.50. The Labute approximate surface area is 93.4 Å². The molecule has 0 aliphatic rings. The van der Waals surface area contributed by atoms with E-state index in [9.17, 15) is 9.18 Å². The second-order valence-corrected chi connectivity index (χ2v) is 3.78. The largest absolute Gasteiger partial charge is 0.352 e. The van der Waals surface area contributed by atoms with Crippen LogP contribution in [0.3, 0.4) is 0 Å². The van der Waals surface area contributed by atoms with Gasteiger partial charge in [0.05, 0.1) is 0 Å². The van der Waals surface area contributed by atoms with E-state index in [0.717, 1.165) is 0 Å². The topological polar surface area (TPSA) is 29.1 Å². The molecule has 1 aromatic carbocycles. The summed E-state index contributed by atoms with van der Waals surface area (Å²) >= 11 is 5.60. The van der Waals surface area contributed by atoms with E-state index in [2.05, 4.69) is 5.32 Å². The lowest BCUT2D eigenvalue weighted by Gasteiger charge is -2.09. The smallest absolute Gasteiger partial charge is 0.251 e. The SMILES string of the molecule is CC(CCl)CNC(=O)c1ccc(F)cc1. The standard InChI is InChI=1S/C11H13ClFNO/c1-8(6-12)7-14-11(15)9-2-4-10(13)5-3-9/h2-5,8H,6-7H2,1H3,(H,14,15). The van der Waals surface area contributed by atoms with Gasteiger partial charge in [0.2, 0.25) is 0 Å². The highest BCUT2D eigenvalue weighted by molar-refractivity contribution is 6.18. The van der Waals surface area contributed by atoms with Crippen LogP contribution in [0.2, 0.25) is 0 Å². The zero-order valence-corrected chi connectivity index (χ0v) is 9.22. The first-order valence-electron chi connectivity index (χ1n) is 4.73. The Morgan fingerprint density at radius 2 is 2.07 bits per heavy atom. The van der Waals surface area contributed by atoms with Crippen LogP contribution in [-0.4, -0.2) is 18.3 Å². The van der Waals surface area contributed by atoms with E-state index in [1.54, 1.807) is 0 Å². The Hall–Kier alpha value is -1.09. The molecule has 1 rings (SSSR count). The van der Waals surface area contributed by atoms with Gasteiger partial charge in [-0.3, -0.25) is 4.79 Å². The number of rotatable bonds is 4. The van der Waals surface area contributed by atoms with Gasteiger partial charge >= 0.3 is 0 Å². The number of alkyl halides is 1. The number of carbonyl (C=O) groups is 1. The molecule has 0 saturated heterocycles. The van der Waals surface area contributed by atoms with E-state index in [1.165, 1.54) is 24.3 Å². The van der Waals surface area contributed by atoms with Gasteiger partial charge in [-0.1, -0.05) is 6.92 Å². The van der Waals surface area contributed by atoms with Crippen LogP contribution in [0.1, 0.15) is 17.3 Å². The molecule has 1 aromatic rings. The number of nitrogens with one attached hydrogen (secondary N) is 1. The molecule has 1 N–H and O–H groups in total. The van der Waals surface area contributed by atoms with Gasteiger partial charge in [0.25, 0.3) is 5.91 Å². The van der Waals surface area contributed by atoms with Crippen molar-refractivity contribution >= 4 is 17.5 Å². The van der Waals surface area contributed by atoms with Gasteiger partial charge in [0.15, 0.2) is 0 Å². The molecule has 0 fully saturated rings. The molecular formula is C11H13ClFNO. The lowest BCUT2D eigenvalue weighted by molar-refractivity contribution is 0.0949. The predicted octanol–water partition coefficient (Wildman–Crippen LogP) is 2.43. The van der Waals surface area contributed by atoms with Gasteiger partial charge in [-0.2, -0.15) is 0 Å². The van der Waals surface area contributed by atoms with E-state index in [4.69, 9.17) is 11.6 Å². The molecule has 1 atom stereocenters. The van der Waals surface area contributed by atoms with Crippen LogP contribution in [0.15, 0.2) is 24.3 Å². The van der Waals surface area contributed by atoms with Crippen LogP contribution in [0.25, 0.3) is 0 Å². The van der Waals surface area contributed by atoms with Crippen LogP contribution >= 0.6 is 11.6 Å². The summed E-state index contributed by atoms with van der Waals surface area (Å²) in [7, 11) is 0. The van der Waals surface area contributed by atoms with E-state index in [0.29, 0.717) is 18.0 Å². The second-order valence-electron chi connectivity index (χ2n) is 3.48. The second kappa shape index (κ2) is 5.71. The third-order valence-corrected chi connectivity index (χ3v) is 2.51. The molecule has 0 bridgehead atoms. The predicted molar refractivity (Wildman–Crippen MR) is 58.6 cm³/mol. The van der Waals surface area contributed by atoms with Crippen molar-refractivity contribution in [2.24, 2.45) is 5.92 Å². The molecule has 82 valence electrons. The minimum absolute atomic E-state index is 0.202. The summed E-state index contributed by atoms with van der Waals surface area (Å²) in [5.41, 5.74) is 0.457.